The highest BCUT2D eigenvalue weighted by molar-refractivity contribution is 6.35. The van der Waals surface area contributed by atoms with Gasteiger partial charge in [-0.1, -0.05) is 30.3 Å². The van der Waals surface area contributed by atoms with Gasteiger partial charge in [-0.3, -0.25) is 4.79 Å². The van der Waals surface area contributed by atoms with Gasteiger partial charge in [0.05, 0.1) is 5.69 Å². The molecule has 0 aliphatic carbocycles. The van der Waals surface area contributed by atoms with Crippen molar-refractivity contribution >= 4 is 28.9 Å². The van der Waals surface area contributed by atoms with Crippen molar-refractivity contribution < 1.29 is 4.79 Å². The van der Waals surface area contributed by atoms with E-state index in [0.29, 0.717) is 0 Å². The van der Waals surface area contributed by atoms with Gasteiger partial charge in [0.2, 0.25) is 0 Å². The Balaban J connectivity index is 1.94. The predicted molar refractivity (Wildman–Crippen MR) is 97.7 cm³/mol. The first-order chi connectivity index (χ1) is 11.2. The zero-order valence-electron chi connectivity index (χ0n) is 13.9. The summed E-state index contributed by atoms with van der Waals surface area (Å²) in [6.07, 6.45) is 1.98. The normalized spacial score (nSPS) is 15.2. The fourth-order valence-corrected chi connectivity index (χ4v) is 3.08. The molecule has 0 saturated carbocycles. The Hall–Kier alpha value is -2.55. The minimum absolute atomic E-state index is 0.0546. The summed E-state index contributed by atoms with van der Waals surface area (Å²) in [6, 6.07) is 16.3. The van der Waals surface area contributed by atoms with Gasteiger partial charge in [-0.2, -0.15) is 0 Å². The Kier molecular flexibility index (Phi) is 4.20. The smallest absolute Gasteiger partial charge is 0.258 e. The van der Waals surface area contributed by atoms with Gasteiger partial charge in [0.15, 0.2) is 0 Å². The van der Waals surface area contributed by atoms with E-state index in [1.807, 2.05) is 37.4 Å². The van der Waals surface area contributed by atoms with Crippen LogP contribution in [0.5, 0.6) is 0 Å². The van der Waals surface area contributed by atoms with Crippen LogP contribution in [0.1, 0.15) is 25.0 Å². The molecule has 1 aliphatic rings. The van der Waals surface area contributed by atoms with Gasteiger partial charge in [0, 0.05) is 37.0 Å². The number of nitrogens with zero attached hydrogens (tertiary/aromatic N) is 2. The number of fused-ring (bicyclic) bond motifs is 1. The third-order valence-corrected chi connectivity index (χ3v) is 4.42. The second-order valence-electron chi connectivity index (χ2n) is 5.70. The highest BCUT2D eigenvalue weighted by atomic mass is 16.2. The number of rotatable bonds is 4. The molecule has 0 unspecified atom stereocenters. The molecule has 1 aliphatic heterocycles. The molecule has 118 valence electrons. The summed E-state index contributed by atoms with van der Waals surface area (Å²) in [5.74, 6) is 0.0546. The molecule has 0 bridgehead atoms. The van der Waals surface area contributed by atoms with Crippen molar-refractivity contribution in [3.8, 4) is 0 Å². The Labute approximate surface area is 137 Å². The summed E-state index contributed by atoms with van der Waals surface area (Å²) in [5.41, 5.74) is 5.01. The predicted octanol–water partition coefficient (Wildman–Crippen LogP) is 4.05. The van der Waals surface area contributed by atoms with Crippen molar-refractivity contribution in [2.75, 3.05) is 29.9 Å². The van der Waals surface area contributed by atoms with E-state index in [2.05, 4.69) is 43.0 Å². The lowest BCUT2D eigenvalue weighted by Gasteiger charge is -2.20. The molecule has 2 aromatic carbocycles. The lowest BCUT2D eigenvalue weighted by atomic mass is 10.0. The van der Waals surface area contributed by atoms with Crippen molar-refractivity contribution in [2.45, 2.75) is 13.8 Å². The first kappa shape index (κ1) is 15.3. The lowest BCUT2D eigenvalue weighted by Crippen LogP contribution is -2.21. The van der Waals surface area contributed by atoms with E-state index in [1.54, 1.807) is 4.90 Å². The number of likely N-dealkylation sites (N-methyl/N-ethyl adjacent to an activating group) is 1. The maximum absolute atomic E-state index is 12.5. The number of hydrogen-bond donors (Lipinski definition) is 0. The summed E-state index contributed by atoms with van der Waals surface area (Å²) in [7, 11) is 1.82. The van der Waals surface area contributed by atoms with Crippen molar-refractivity contribution in [3.63, 3.8) is 0 Å². The average Bonchev–Trinajstić information content (AvgIpc) is 2.83. The monoisotopic (exact) mass is 306 g/mol. The van der Waals surface area contributed by atoms with E-state index in [1.165, 1.54) is 5.69 Å². The highest BCUT2D eigenvalue weighted by Gasteiger charge is 2.28. The Morgan fingerprint density at radius 1 is 1.00 bits per heavy atom. The molecule has 0 fully saturated rings. The number of carbonyl (C=O) groups is 1. The SMILES string of the molecule is CCN(CC)c1ccc(/C=C2/C(=O)N(C)c3ccccc32)cc1. The van der Waals surface area contributed by atoms with E-state index in [4.69, 9.17) is 0 Å². The minimum Gasteiger partial charge on any atom is -0.372 e. The number of amides is 1. The lowest BCUT2D eigenvalue weighted by molar-refractivity contribution is -0.112. The van der Waals surface area contributed by atoms with Crippen LogP contribution in [0.4, 0.5) is 11.4 Å². The molecule has 0 spiro atoms. The van der Waals surface area contributed by atoms with Crippen LogP contribution in [0.15, 0.2) is 48.5 Å². The third kappa shape index (κ3) is 2.74. The van der Waals surface area contributed by atoms with E-state index in [0.717, 1.165) is 35.5 Å². The topological polar surface area (TPSA) is 23.6 Å². The molecule has 0 saturated heterocycles. The number of anilines is 2. The largest absolute Gasteiger partial charge is 0.372 e. The van der Waals surface area contributed by atoms with E-state index in [9.17, 15) is 4.79 Å². The molecular weight excluding hydrogens is 284 g/mol. The highest BCUT2D eigenvalue weighted by Crippen LogP contribution is 2.36. The Bertz CT molecular complexity index is 742. The Morgan fingerprint density at radius 2 is 1.65 bits per heavy atom. The first-order valence-electron chi connectivity index (χ1n) is 8.09. The zero-order chi connectivity index (χ0) is 16.4. The molecule has 23 heavy (non-hydrogen) atoms. The molecular formula is C20H22N2O. The van der Waals surface area contributed by atoms with Crippen LogP contribution in [0.25, 0.3) is 11.6 Å². The first-order valence-corrected chi connectivity index (χ1v) is 8.09. The number of carbonyl (C=O) groups excluding carboxylic acids is 1. The van der Waals surface area contributed by atoms with Crippen LogP contribution in [-0.4, -0.2) is 26.0 Å². The fourth-order valence-electron chi connectivity index (χ4n) is 3.08. The average molecular weight is 306 g/mol. The van der Waals surface area contributed by atoms with Crippen LogP contribution in [-0.2, 0) is 4.79 Å². The maximum atomic E-state index is 12.5. The molecule has 3 rings (SSSR count). The summed E-state index contributed by atoms with van der Waals surface area (Å²) < 4.78 is 0. The van der Waals surface area contributed by atoms with E-state index < -0.39 is 0 Å². The van der Waals surface area contributed by atoms with Crippen LogP contribution >= 0.6 is 0 Å². The minimum atomic E-state index is 0.0546. The van der Waals surface area contributed by atoms with Crippen LogP contribution in [0.2, 0.25) is 0 Å². The van der Waals surface area contributed by atoms with Crippen LogP contribution < -0.4 is 9.80 Å². The molecule has 0 aromatic heterocycles. The second-order valence-corrected chi connectivity index (χ2v) is 5.70. The van der Waals surface area contributed by atoms with Gasteiger partial charge in [-0.05, 0) is 43.7 Å². The van der Waals surface area contributed by atoms with Gasteiger partial charge in [-0.15, -0.1) is 0 Å². The molecule has 0 N–H and O–H groups in total. The van der Waals surface area contributed by atoms with Gasteiger partial charge in [0.25, 0.3) is 5.91 Å². The van der Waals surface area contributed by atoms with Crippen molar-refractivity contribution in [1.82, 2.24) is 0 Å². The molecule has 0 atom stereocenters. The molecule has 2 aromatic rings. The fraction of sp³-hybridized carbons (Fsp3) is 0.250. The summed E-state index contributed by atoms with van der Waals surface area (Å²) in [5, 5.41) is 0. The standard InChI is InChI=1S/C20H22N2O/c1-4-22(5-2)16-12-10-15(11-13-16)14-18-17-8-6-7-9-19(17)21(3)20(18)23/h6-14H,4-5H2,1-3H3/b18-14+. The van der Waals surface area contributed by atoms with E-state index in [-0.39, 0.29) is 5.91 Å². The van der Waals surface area contributed by atoms with Crippen LogP contribution in [0, 0.1) is 0 Å². The van der Waals surface area contributed by atoms with Crippen molar-refractivity contribution in [3.05, 3.63) is 59.7 Å². The second kappa shape index (κ2) is 6.29. The number of para-hydroxylation sites is 1. The molecule has 3 nitrogen and oxygen atoms in total. The van der Waals surface area contributed by atoms with Gasteiger partial charge in [-0.25, -0.2) is 0 Å². The number of benzene rings is 2. The molecule has 0 radical (unpaired) electrons. The molecule has 1 amide bonds. The van der Waals surface area contributed by atoms with Gasteiger partial charge >= 0.3 is 0 Å². The van der Waals surface area contributed by atoms with Gasteiger partial charge in [0.1, 0.15) is 0 Å². The van der Waals surface area contributed by atoms with Gasteiger partial charge < -0.3 is 9.80 Å². The van der Waals surface area contributed by atoms with E-state index >= 15 is 0 Å². The van der Waals surface area contributed by atoms with Crippen molar-refractivity contribution in [2.24, 2.45) is 0 Å². The molecule has 3 heteroatoms. The summed E-state index contributed by atoms with van der Waals surface area (Å²) in [4.78, 5) is 16.5. The maximum Gasteiger partial charge on any atom is 0.258 e. The molecule has 1 heterocycles. The summed E-state index contributed by atoms with van der Waals surface area (Å²) in [6.45, 7) is 6.30. The van der Waals surface area contributed by atoms with Crippen LogP contribution in [0.3, 0.4) is 0 Å². The third-order valence-electron chi connectivity index (χ3n) is 4.42. The Morgan fingerprint density at radius 3 is 2.30 bits per heavy atom. The quantitative estimate of drug-likeness (QED) is 0.796. The summed E-state index contributed by atoms with van der Waals surface area (Å²) >= 11 is 0. The zero-order valence-corrected chi connectivity index (χ0v) is 13.9. The van der Waals surface area contributed by atoms with Crippen molar-refractivity contribution in [1.29, 1.82) is 0 Å². The number of hydrogen-bond acceptors (Lipinski definition) is 2.